The summed E-state index contributed by atoms with van der Waals surface area (Å²) in [6, 6.07) is 0. The van der Waals surface area contributed by atoms with Gasteiger partial charge in [0.05, 0.1) is 18.1 Å². The monoisotopic (exact) mass is 197 g/mol. The third-order valence-electron chi connectivity index (χ3n) is 2.11. The zero-order valence-corrected chi connectivity index (χ0v) is 9.16. The molecule has 1 aromatic rings. The van der Waals surface area contributed by atoms with Crippen LogP contribution in [0.3, 0.4) is 0 Å². The molecule has 0 radical (unpaired) electrons. The van der Waals surface area contributed by atoms with Gasteiger partial charge in [-0.25, -0.2) is 4.98 Å². The largest absolute Gasteiger partial charge is 0.377 e. The molecule has 0 aliphatic rings. The highest BCUT2D eigenvalue weighted by Gasteiger charge is 2.01. The summed E-state index contributed by atoms with van der Waals surface area (Å²) in [4.78, 5) is 4.05. The first-order valence-electron chi connectivity index (χ1n) is 5.01. The number of rotatable bonds is 6. The van der Waals surface area contributed by atoms with Gasteiger partial charge in [0, 0.05) is 32.9 Å². The molecule has 1 N–H and O–H groups in total. The Morgan fingerprint density at radius 2 is 2.43 bits per heavy atom. The van der Waals surface area contributed by atoms with E-state index in [9.17, 15) is 0 Å². The van der Waals surface area contributed by atoms with Crippen LogP contribution in [-0.2, 0) is 18.3 Å². The molecule has 0 aliphatic heterocycles. The van der Waals surface area contributed by atoms with Gasteiger partial charge in [-0.05, 0) is 13.8 Å². The summed E-state index contributed by atoms with van der Waals surface area (Å²) in [6.45, 7) is 6.57. The van der Waals surface area contributed by atoms with Crippen LogP contribution in [0.2, 0.25) is 0 Å². The van der Waals surface area contributed by atoms with E-state index in [0.717, 1.165) is 19.7 Å². The van der Waals surface area contributed by atoms with Gasteiger partial charge >= 0.3 is 0 Å². The Hall–Kier alpha value is -0.870. The van der Waals surface area contributed by atoms with Gasteiger partial charge in [0.2, 0.25) is 0 Å². The normalized spacial score (nSPS) is 13.1. The Labute approximate surface area is 85.3 Å². The maximum absolute atomic E-state index is 5.41. The molecular formula is C10H19N3O. The number of hydrogen-bond acceptors (Lipinski definition) is 3. The van der Waals surface area contributed by atoms with E-state index in [1.165, 1.54) is 5.69 Å². The number of hydrogen-bond donors (Lipinski definition) is 1. The molecule has 14 heavy (non-hydrogen) atoms. The molecule has 0 saturated carbocycles. The summed E-state index contributed by atoms with van der Waals surface area (Å²) in [7, 11) is 2.00. The van der Waals surface area contributed by atoms with Gasteiger partial charge < -0.3 is 14.6 Å². The standard InChI is InChI=1S/C10H19N3O/c1-4-14-9(2)5-11-6-10-7-12-8-13(10)3/h7-9,11H,4-6H2,1-3H3. The lowest BCUT2D eigenvalue weighted by Gasteiger charge is -2.12. The van der Waals surface area contributed by atoms with Crippen molar-refractivity contribution in [3.63, 3.8) is 0 Å². The second-order valence-corrected chi connectivity index (χ2v) is 3.39. The fraction of sp³-hybridized carbons (Fsp3) is 0.700. The van der Waals surface area contributed by atoms with Gasteiger partial charge in [-0.2, -0.15) is 0 Å². The summed E-state index contributed by atoms with van der Waals surface area (Å²) in [5.74, 6) is 0. The Morgan fingerprint density at radius 1 is 1.64 bits per heavy atom. The Morgan fingerprint density at radius 3 is 3.00 bits per heavy atom. The molecule has 1 aromatic heterocycles. The summed E-state index contributed by atoms with van der Waals surface area (Å²) in [5, 5.41) is 3.33. The Kier molecular flexibility index (Phi) is 4.62. The molecule has 0 saturated heterocycles. The van der Waals surface area contributed by atoms with Crippen molar-refractivity contribution in [3.05, 3.63) is 18.2 Å². The SMILES string of the molecule is CCOC(C)CNCc1cncn1C. The van der Waals surface area contributed by atoms with E-state index in [4.69, 9.17) is 4.74 Å². The van der Waals surface area contributed by atoms with E-state index < -0.39 is 0 Å². The van der Waals surface area contributed by atoms with Gasteiger partial charge in [-0.1, -0.05) is 0 Å². The molecule has 0 aromatic carbocycles. The topological polar surface area (TPSA) is 39.1 Å². The maximum atomic E-state index is 5.41. The number of nitrogens with zero attached hydrogens (tertiary/aromatic N) is 2. The molecule has 1 rings (SSSR count). The summed E-state index contributed by atoms with van der Waals surface area (Å²) in [5.41, 5.74) is 1.19. The highest BCUT2D eigenvalue weighted by atomic mass is 16.5. The third kappa shape index (κ3) is 3.47. The lowest BCUT2D eigenvalue weighted by molar-refractivity contribution is 0.0758. The maximum Gasteiger partial charge on any atom is 0.0945 e. The smallest absolute Gasteiger partial charge is 0.0945 e. The van der Waals surface area contributed by atoms with Crippen LogP contribution >= 0.6 is 0 Å². The average Bonchev–Trinajstić information content (AvgIpc) is 2.52. The second-order valence-electron chi connectivity index (χ2n) is 3.39. The van der Waals surface area contributed by atoms with Crippen molar-refractivity contribution >= 4 is 0 Å². The number of imidazole rings is 1. The number of ether oxygens (including phenoxy) is 1. The van der Waals surface area contributed by atoms with Crippen LogP contribution in [0.4, 0.5) is 0 Å². The summed E-state index contributed by atoms with van der Waals surface area (Å²) in [6.07, 6.45) is 3.95. The number of aryl methyl sites for hydroxylation is 1. The third-order valence-corrected chi connectivity index (χ3v) is 2.11. The van der Waals surface area contributed by atoms with Gasteiger partial charge in [0.25, 0.3) is 0 Å². The molecule has 4 nitrogen and oxygen atoms in total. The van der Waals surface area contributed by atoms with E-state index in [0.29, 0.717) is 0 Å². The van der Waals surface area contributed by atoms with Gasteiger partial charge in [-0.15, -0.1) is 0 Å². The highest BCUT2D eigenvalue weighted by molar-refractivity contribution is 4.96. The minimum absolute atomic E-state index is 0.272. The van der Waals surface area contributed by atoms with Crippen LogP contribution in [-0.4, -0.2) is 28.8 Å². The molecule has 1 unspecified atom stereocenters. The van der Waals surface area contributed by atoms with Crippen LogP contribution in [0.25, 0.3) is 0 Å². The molecule has 0 aliphatic carbocycles. The zero-order chi connectivity index (χ0) is 10.4. The number of nitrogens with one attached hydrogen (secondary N) is 1. The molecule has 0 fully saturated rings. The van der Waals surface area contributed by atoms with Crippen molar-refractivity contribution in [2.24, 2.45) is 7.05 Å². The van der Waals surface area contributed by atoms with Crippen LogP contribution in [0.1, 0.15) is 19.5 Å². The first-order valence-corrected chi connectivity index (χ1v) is 5.01. The molecule has 0 spiro atoms. The minimum atomic E-state index is 0.272. The molecule has 80 valence electrons. The van der Waals surface area contributed by atoms with Crippen LogP contribution in [0.5, 0.6) is 0 Å². The first kappa shape index (κ1) is 11.2. The molecule has 1 atom stereocenters. The zero-order valence-electron chi connectivity index (χ0n) is 9.16. The van der Waals surface area contributed by atoms with Crippen molar-refractivity contribution in [3.8, 4) is 0 Å². The molecule has 0 amide bonds. The Balaban J connectivity index is 2.19. The minimum Gasteiger partial charge on any atom is -0.377 e. The molecular weight excluding hydrogens is 178 g/mol. The van der Waals surface area contributed by atoms with Crippen LogP contribution in [0, 0.1) is 0 Å². The Bertz CT molecular complexity index is 260. The fourth-order valence-corrected chi connectivity index (χ4v) is 1.30. The summed E-state index contributed by atoms with van der Waals surface area (Å²) < 4.78 is 7.42. The lowest BCUT2D eigenvalue weighted by Crippen LogP contribution is -2.27. The van der Waals surface area contributed by atoms with Gasteiger partial charge in [-0.3, -0.25) is 0 Å². The van der Waals surface area contributed by atoms with Crippen molar-refractivity contribution in [1.29, 1.82) is 0 Å². The number of aromatic nitrogens is 2. The first-order chi connectivity index (χ1) is 6.74. The van der Waals surface area contributed by atoms with E-state index in [-0.39, 0.29) is 6.10 Å². The van der Waals surface area contributed by atoms with Crippen molar-refractivity contribution < 1.29 is 4.74 Å². The van der Waals surface area contributed by atoms with E-state index in [1.807, 2.05) is 31.1 Å². The van der Waals surface area contributed by atoms with E-state index in [1.54, 1.807) is 0 Å². The fourth-order valence-electron chi connectivity index (χ4n) is 1.30. The quantitative estimate of drug-likeness (QED) is 0.737. The van der Waals surface area contributed by atoms with Crippen molar-refractivity contribution in [1.82, 2.24) is 14.9 Å². The predicted molar refractivity (Wildman–Crippen MR) is 56.0 cm³/mol. The van der Waals surface area contributed by atoms with Gasteiger partial charge in [0.1, 0.15) is 0 Å². The molecule has 1 heterocycles. The molecule has 0 bridgehead atoms. The van der Waals surface area contributed by atoms with Crippen molar-refractivity contribution in [2.45, 2.75) is 26.5 Å². The van der Waals surface area contributed by atoms with Crippen LogP contribution < -0.4 is 5.32 Å². The average molecular weight is 197 g/mol. The van der Waals surface area contributed by atoms with Crippen molar-refractivity contribution in [2.75, 3.05) is 13.2 Å². The predicted octanol–water partition coefficient (Wildman–Crippen LogP) is 0.935. The summed E-state index contributed by atoms with van der Waals surface area (Å²) >= 11 is 0. The lowest BCUT2D eigenvalue weighted by atomic mass is 10.4. The van der Waals surface area contributed by atoms with E-state index in [2.05, 4.69) is 17.2 Å². The second kappa shape index (κ2) is 5.78. The van der Waals surface area contributed by atoms with Crippen LogP contribution in [0.15, 0.2) is 12.5 Å². The molecule has 4 heteroatoms. The van der Waals surface area contributed by atoms with E-state index >= 15 is 0 Å². The highest BCUT2D eigenvalue weighted by Crippen LogP contribution is 1.95. The van der Waals surface area contributed by atoms with Gasteiger partial charge in [0.15, 0.2) is 0 Å².